The molecular weight excluding hydrogens is 1610 g/mol. The molecule has 0 spiro atoms. The Morgan fingerprint density at radius 2 is 0.627 bits per heavy atom. The van der Waals surface area contributed by atoms with Crippen LogP contribution in [0.15, 0.2) is 218 Å². The fourth-order valence-corrected chi connectivity index (χ4v) is 13.4. The number of esters is 3. The molecule has 24 nitrogen and oxygen atoms in total. The van der Waals surface area contributed by atoms with E-state index in [1.165, 1.54) is 48.5 Å². The maximum Gasteiger partial charge on any atom is 0.338 e. The number of primary amides is 1. The van der Waals surface area contributed by atoms with E-state index in [9.17, 15) is 36.7 Å². The molecule has 2 N–H and O–H groups in total. The molecule has 28 heteroatoms. The number of ether oxygens (including phenoxy) is 3. The lowest BCUT2D eigenvalue weighted by atomic mass is 10.1. The lowest BCUT2D eigenvalue weighted by molar-refractivity contribution is 0.0468. The highest BCUT2D eigenvalue weighted by Crippen LogP contribution is 2.40. The van der Waals surface area contributed by atoms with E-state index in [1.54, 1.807) is 128 Å². The van der Waals surface area contributed by atoms with Crippen LogP contribution in [0.3, 0.4) is 0 Å². The van der Waals surface area contributed by atoms with Gasteiger partial charge in [-0.1, -0.05) is 44.2 Å². The molecule has 9 aromatic carbocycles. The average Bonchev–Trinajstić information content (AvgIpc) is 1.53. The summed E-state index contributed by atoms with van der Waals surface area (Å²) in [4.78, 5) is 95.0. The van der Waals surface area contributed by atoms with Gasteiger partial charge in [0.1, 0.15) is 75.0 Å². The standard InChI is InChI=1S/C28H24FN3O3.C26H28FN3O3.C23H22FN3O3.C21H19FN4O2/c1-17(2)32(3)27-26(25-15-20-13-21(29)10-12-24(20)35-25)30-22-11-9-19(14-23(22)31-27)28(33)34-16-18-7-5-4-6-8-18;1-15(2)10-11-32-26(31)17-6-8-20-21(13-17)29-25(30(5)16(3)4)24(28-20)23-14-18-12-19(27)7-9-22(18)33-23;1-5-29-23(28)14-6-8-17-18(11-14)26-22(27(4)13(2)3)21(25-17)20-12-15-10-16(24)7-9-19(15)30-20;1-11(2)26(3)21-19(18-10-13-8-14(22)5-7-17(13)28-18)24-15-6-4-12(20(23)27)9-16(15)25-21/h4-15,17H,16H2,1-3H3;6-9,12-16H,10-11H2,1-5H3;6-13H,5H2,1-4H3;4-11H,1-3H3,(H2,23,27). The van der Waals surface area contributed by atoms with Crippen molar-refractivity contribution in [2.24, 2.45) is 11.7 Å². The van der Waals surface area contributed by atoms with E-state index in [2.05, 4.69) is 13.8 Å². The predicted octanol–water partition coefficient (Wildman–Crippen LogP) is 21.9. The maximum atomic E-state index is 13.7. The fraction of sp³-hybridized carbons (Fsp3) is 0.245. The largest absolute Gasteiger partial charge is 0.462 e. The topological polar surface area (TPSA) is 291 Å². The number of nitrogens with zero attached hydrogens (tertiary/aromatic N) is 12. The van der Waals surface area contributed by atoms with Crippen molar-refractivity contribution in [1.82, 2.24) is 39.9 Å². The third kappa shape index (κ3) is 19.7. The first-order valence-corrected chi connectivity index (χ1v) is 41.1. The van der Waals surface area contributed by atoms with E-state index in [0.29, 0.717) is 198 Å². The molecule has 0 saturated heterocycles. The molecule has 0 saturated carbocycles. The Morgan fingerprint density at radius 1 is 0.341 bits per heavy atom. The first kappa shape index (κ1) is 87.6. The van der Waals surface area contributed by atoms with Gasteiger partial charge in [-0.2, -0.15) is 0 Å². The number of furan rings is 4. The van der Waals surface area contributed by atoms with Crippen LogP contribution in [-0.2, 0) is 20.8 Å². The maximum absolute atomic E-state index is 13.7. The quantitative estimate of drug-likeness (QED) is 0.0374. The van der Waals surface area contributed by atoms with Gasteiger partial charge in [0.15, 0.2) is 46.3 Å². The summed E-state index contributed by atoms with van der Waals surface area (Å²) in [5, 5.41) is 2.61. The first-order chi connectivity index (χ1) is 60.3. The van der Waals surface area contributed by atoms with Crippen molar-refractivity contribution in [3.63, 3.8) is 0 Å². The molecule has 0 aliphatic heterocycles. The van der Waals surface area contributed by atoms with Crippen LogP contribution in [0.2, 0.25) is 0 Å². The molecule has 0 fully saturated rings. The second kappa shape index (κ2) is 37.6. The van der Waals surface area contributed by atoms with Crippen molar-refractivity contribution in [3.05, 3.63) is 251 Å². The van der Waals surface area contributed by atoms with Crippen LogP contribution in [0.5, 0.6) is 0 Å². The number of nitrogens with two attached hydrogens (primary N) is 1. The van der Waals surface area contributed by atoms with Gasteiger partial charge in [-0.15, -0.1) is 0 Å². The Balaban J connectivity index is 0.000000137. The van der Waals surface area contributed by atoms with Gasteiger partial charge in [0.25, 0.3) is 0 Å². The molecule has 0 radical (unpaired) electrons. The monoisotopic (exact) mass is 1700 g/mol. The summed E-state index contributed by atoms with van der Waals surface area (Å²) in [5.41, 5.74) is 17.1. The summed E-state index contributed by atoms with van der Waals surface area (Å²) in [6, 6.07) is 54.9. The van der Waals surface area contributed by atoms with Crippen LogP contribution in [0, 0.1) is 29.2 Å². The molecule has 8 aromatic heterocycles. The van der Waals surface area contributed by atoms with Crippen molar-refractivity contribution >= 4 is 135 Å². The first-order valence-electron chi connectivity index (χ1n) is 41.1. The summed E-state index contributed by atoms with van der Waals surface area (Å²) in [7, 11) is 7.67. The number of carbonyl (C=O) groups excluding carboxylic acids is 4. The Kier molecular flexibility index (Phi) is 26.1. The van der Waals surface area contributed by atoms with Crippen LogP contribution in [0.25, 0.3) is 134 Å². The van der Waals surface area contributed by atoms with E-state index in [4.69, 9.17) is 77.5 Å². The van der Waals surface area contributed by atoms with Gasteiger partial charge in [-0.25, -0.2) is 71.8 Å². The number of hydrogen-bond acceptors (Lipinski definition) is 23. The summed E-state index contributed by atoms with van der Waals surface area (Å²) in [6.07, 6.45) is 0.813. The Morgan fingerprint density at radius 3 is 0.913 bits per heavy atom. The number of benzene rings is 9. The fourth-order valence-electron chi connectivity index (χ4n) is 13.4. The van der Waals surface area contributed by atoms with Gasteiger partial charge < -0.3 is 57.2 Å². The van der Waals surface area contributed by atoms with E-state index < -0.39 is 17.8 Å². The summed E-state index contributed by atoms with van der Waals surface area (Å²) < 4.78 is 94.4. The lowest BCUT2D eigenvalue weighted by Crippen LogP contribution is -2.27. The van der Waals surface area contributed by atoms with Crippen LogP contribution in [0.4, 0.5) is 40.8 Å². The second-order valence-electron chi connectivity index (χ2n) is 31.9. The second-order valence-corrected chi connectivity index (χ2v) is 31.9. The Hall–Kier alpha value is -14.7. The highest BCUT2D eigenvalue weighted by molar-refractivity contribution is 6.00. The minimum atomic E-state index is -0.522. The average molecular weight is 1700 g/mol. The van der Waals surface area contributed by atoms with Crippen LogP contribution in [-0.4, -0.2) is 129 Å². The molecule has 17 rings (SSSR count). The van der Waals surface area contributed by atoms with Crippen molar-refractivity contribution in [2.75, 3.05) is 61.0 Å². The number of carbonyl (C=O) groups is 4. The molecule has 0 atom stereocenters. The smallest absolute Gasteiger partial charge is 0.338 e. The predicted molar refractivity (Wildman–Crippen MR) is 483 cm³/mol. The molecule has 8 heterocycles. The van der Waals surface area contributed by atoms with Crippen molar-refractivity contribution < 1.29 is 68.6 Å². The molecule has 126 heavy (non-hydrogen) atoms. The molecular formula is C98H93F4N13O11. The zero-order valence-electron chi connectivity index (χ0n) is 72.2. The SMILES string of the molecule is CC(C)CCOC(=O)c1ccc2nc(-c3cc4cc(F)ccc4o3)c(N(C)C(C)C)nc2c1.CC(C)N(C)c1nc2cc(C(=O)OCc3ccccc3)ccc2nc1-c1cc2cc(F)ccc2o1.CC(C)N(C)c1nc2cc(C(N)=O)ccc2nc1-c1cc2cc(F)ccc2o1.CCOC(=O)c1ccc2nc(-c3cc4cc(F)ccc4o3)c(N(C)C(C)C)nc2c1. The molecule has 644 valence electrons. The van der Waals surface area contributed by atoms with Gasteiger partial charge in [0.2, 0.25) is 5.91 Å². The number of halogens is 4. The Labute approximate surface area is 723 Å². The molecule has 1 amide bonds. The minimum Gasteiger partial charge on any atom is -0.462 e. The third-order valence-electron chi connectivity index (χ3n) is 21.3. The molecule has 0 unspecified atom stereocenters. The van der Waals surface area contributed by atoms with Gasteiger partial charge in [0, 0.05) is 79.5 Å². The number of hydrogen-bond donors (Lipinski definition) is 1. The highest BCUT2D eigenvalue weighted by Gasteiger charge is 2.28. The zero-order chi connectivity index (χ0) is 89.6. The molecule has 17 aromatic rings. The highest BCUT2D eigenvalue weighted by atomic mass is 19.1. The van der Waals surface area contributed by atoms with E-state index in [0.717, 1.165) is 12.0 Å². The summed E-state index contributed by atoms with van der Waals surface area (Å²) >= 11 is 0. The molecule has 0 bridgehead atoms. The molecule has 0 aliphatic carbocycles. The van der Waals surface area contributed by atoms with Crippen LogP contribution in [0.1, 0.15) is 130 Å². The van der Waals surface area contributed by atoms with Crippen LogP contribution < -0.4 is 25.3 Å². The van der Waals surface area contributed by atoms with E-state index >= 15 is 0 Å². The number of rotatable bonds is 22. The van der Waals surface area contributed by atoms with Crippen molar-refractivity contribution in [1.29, 1.82) is 0 Å². The number of amides is 1. The van der Waals surface area contributed by atoms with Gasteiger partial charge >= 0.3 is 17.9 Å². The van der Waals surface area contributed by atoms with E-state index in [-0.39, 0.29) is 60.0 Å². The third-order valence-corrected chi connectivity index (χ3v) is 21.3. The summed E-state index contributed by atoms with van der Waals surface area (Å²) in [6.45, 7) is 23.1. The van der Waals surface area contributed by atoms with Crippen molar-refractivity contribution in [3.8, 4) is 45.8 Å². The lowest BCUT2D eigenvalue weighted by Gasteiger charge is -2.24. The van der Waals surface area contributed by atoms with Crippen LogP contribution >= 0.6 is 0 Å². The number of aromatic nitrogens is 8. The van der Waals surface area contributed by atoms with E-state index in [1.807, 2.05) is 134 Å². The Bertz CT molecular complexity index is 6950. The summed E-state index contributed by atoms with van der Waals surface area (Å²) in [5.74, 6) is 1.83. The number of anilines is 4. The normalized spacial score (nSPS) is 11.5. The number of fused-ring (bicyclic) bond motifs is 8. The van der Waals surface area contributed by atoms with Gasteiger partial charge in [-0.3, -0.25) is 4.79 Å². The van der Waals surface area contributed by atoms with Gasteiger partial charge in [0.05, 0.1) is 74.0 Å². The minimum absolute atomic E-state index is 0.126. The molecule has 0 aliphatic rings. The zero-order valence-corrected chi connectivity index (χ0v) is 72.2. The van der Waals surface area contributed by atoms with Gasteiger partial charge in [-0.05, 0) is 250 Å². The van der Waals surface area contributed by atoms with Crippen molar-refractivity contribution in [2.45, 2.75) is 113 Å².